The molecule has 2 fully saturated rings. The third-order valence-electron chi connectivity index (χ3n) is 9.53. The van der Waals surface area contributed by atoms with E-state index in [2.05, 4.69) is 6.58 Å². The van der Waals surface area contributed by atoms with Crippen LogP contribution >= 0.6 is 0 Å². The Morgan fingerprint density at radius 3 is 1.90 bits per heavy atom. The summed E-state index contributed by atoms with van der Waals surface area (Å²) < 4.78 is 59.6. The zero-order valence-corrected chi connectivity index (χ0v) is 37.9. The molecular weight excluding hydrogens is 784 g/mol. The Hall–Kier alpha value is -4.09. The molecule has 0 aliphatic carbocycles. The largest absolute Gasteiger partial charge is 0.508 e. The lowest BCUT2D eigenvalue weighted by atomic mass is 9.74. The van der Waals surface area contributed by atoms with Gasteiger partial charge in [-0.05, 0) is 107 Å². The number of rotatable bonds is 16. The van der Waals surface area contributed by atoms with Crippen molar-refractivity contribution >= 4 is 30.0 Å². The second kappa shape index (κ2) is 18.5. The molecule has 1 aromatic carbocycles. The molecule has 16 nitrogen and oxygen atoms in total. The van der Waals surface area contributed by atoms with Crippen LogP contribution in [0, 0.1) is 5.92 Å². The summed E-state index contributed by atoms with van der Waals surface area (Å²) >= 11 is 0. The topological polar surface area (TPSA) is 198 Å². The maximum absolute atomic E-state index is 15.1. The molecule has 2 saturated heterocycles. The van der Waals surface area contributed by atoms with E-state index in [0.717, 1.165) is 5.56 Å². The Bertz CT molecular complexity index is 1720. The van der Waals surface area contributed by atoms with Crippen LogP contribution < -0.4 is 0 Å². The van der Waals surface area contributed by atoms with Gasteiger partial charge < -0.3 is 52.5 Å². The number of esters is 4. The fraction of sp³-hybridized carbons (Fsp3) is 0.705. The Morgan fingerprint density at radius 2 is 1.40 bits per heavy atom. The number of ether oxygens (including phenoxy) is 10. The molecule has 3 rings (SSSR count). The van der Waals surface area contributed by atoms with Crippen LogP contribution in [0.2, 0.25) is 0 Å². The van der Waals surface area contributed by atoms with Crippen LogP contribution in [0.3, 0.4) is 0 Å². The van der Waals surface area contributed by atoms with Crippen molar-refractivity contribution in [3.63, 3.8) is 0 Å². The summed E-state index contributed by atoms with van der Waals surface area (Å²) in [5.41, 5.74) is -9.33. The monoisotopic (exact) mass is 850 g/mol. The first kappa shape index (κ1) is 50.3. The van der Waals surface area contributed by atoms with Crippen molar-refractivity contribution < 1.29 is 76.4 Å². The van der Waals surface area contributed by atoms with E-state index in [1.807, 2.05) is 37.3 Å². The van der Waals surface area contributed by atoms with Crippen molar-refractivity contribution in [2.45, 2.75) is 180 Å². The van der Waals surface area contributed by atoms with Gasteiger partial charge in [-0.1, -0.05) is 43.8 Å². The lowest BCUT2D eigenvalue weighted by molar-refractivity contribution is -0.387. The van der Waals surface area contributed by atoms with Gasteiger partial charge in [0.1, 0.15) is 22.9 Å². The average molecular weight is 851 g/mol. The van der Waals surface area contributed by atoms with Crippen LogP contribution in [0.25, 0.3) is 0 Å². The van der Waals surface area contributed by atoms with Gasteiger partial charge in [0, 0.05) is 26.4 Å². The lowest BCUT2D eigenvalue weighted by Crippen LogP contribution is -2.79. The predicted octanol–water partition coefficient (Wildman–Crippen LogP) is 6.06. The molecule has 0 saturated carbocycles. The van der Waals surface area contributed by atoms with E-state index in [9.17, 15) is 24.3 Å². The van der Waals surface area contributed by atoms with Crippen LogP contribution in [0.1, 0.15) is 115 Å². The Balaban J connectivity index is 2.45. The molecule has 2 unspecified atom stereocenters. The van der Waals surface area contributed by atoms with Gasteiger partial charge in [-0.3, -0.25) is 4.79 Å². The highest BCUT2D eigenvalue weighted by Gasteiger charge is 2.87. The molecule has 8 atom stereocenters. The Kier molecular flexibility index (Phi) is 15.5. The highest BCUT2D eigenvalue weighted by atomic mass is 16.8. The first-order chi connectivity index (χ1) is 27.4. The molecule has 0 spiro atoms. The van der Waals surface area contributed by atoms with Gasteiger partial charge in [-0.25, -0.2) is 19.2 Å². The summed E-state index contributed by atoms with van der Waals surface area (Å²) in [5, 5.41) is 13.2. The van der Waals surface area contributed by atoms with E-state index in [1.165, 1.54) is 76.3 Å². The van der Waals surface area contributed by atoms with Crippen molar-refractivity contribution in [1.29, 1.82) is 0 Å². The average Bonchev–Trinajstić information content (AvgIpc) is 3.32. The molecule has 2 heterocycles. The summed E-state index contributed by atoms with van der Waals surface area (Å²) in [6.45, 7) is 25.4. The number of carbonyl (C=O) groups excluding carboxylic acids is 5. The molecule has 0 aromatic heterocycles. The first-order valence-corrected chi connectivity index (χ1v) is 20.1. The maximum Gasteiger partial charge on any atom is 0.508 e. The van der Waals surface area contributed by atoms with Crippen LogP contribution in [-0.4, -0.2) is 113 Å². The molecule has 338 valence electrons. The number of benzene rings is 1. The van der Waals surface area contributed by atoms with Gasteiger partial charge in [0.25, 0.3) is 5.60 Å². The van der Waals surface area contributed by atoms with Gasteiger partial charge >= 0.3 is 30.0 Å². The second-order valence-electron chi connectivity index (χ2n) is 18.7. The molecule has 16 heteroatoms. The summed E-state index contributed by atoms with van der Waals surface area (Å²) in [5.74, 6) is -9.24. The van der Waals surface area contributed by atoms with Crippen LogP contribution in [-0.2, 0) is 73.0 Å². The normalized spacial score (nSPS) is 26.6. The summed E-state index contributed by atoms with van der Waals surface area (Å²) in [6, 6.07) is 9.54. The minimum absolute atomic E-state index is 0.118. The van der Waals surface area contributed by atoms with Gasteiger partial charge in [0.05, 0.1) is 6.61 Å². The minimum atomic E-state index is -3.53. The van der Waals surface area contributed by atoms with E-state index >= 15 is 4.79 Å². The van der Waals surface area contributed by atoms with E-state index in [4.69, 9.17) is 47.4 Å². The standard InChI is InChI=1S/C44H66O16/c1-17-52-37(49)54-32-31(55-41(14,15)51-16)42(24-23-26(2)30(53-28(4)45)27(3)25-29-21-19-18-20-22-29)56-33(34(46)57-38(5,6)7)43(50,35(47)58-39(8,9)10)44(32,60-42)36(48)59-40(11,12)13/h18-22,27,30-33,50H,2,17,23-25H2,1,3-16H3/t27?,30?,31-,32-,33-,42-,43-,44-/m1/s1. The molecule has 1 N–H and O–H groups in total. The van der Waals surface area contributed by atoms with E-state index in [1.54, 1.807) is 20.8 Å². The molecular formula is C44H66O16. The summed E-state index contributed by atoms with van der Waals surface area (Å²) in [4.78, 5) is 70.4. The van der Waals surface area contributed by atoms with Gasteiger partial charge in [-0.2, -0.15) is 0 Å². The third kappa shape index (κ3) is 11.6. The van der Waals surface area contributed by atoms with Crippen LogP contribution in [0.4, 0.5) is 4.79 Å². The van der Waals surface area contributed by atoms with Crippen LogP contribution in [0.15, 0.2) is 42.5 Å². The summed E-state index contributed by atoms with van der Waals surface area (Å²) in [6.07, 6.45) is -8.71. The molecule has 0 radical (unpaired) electrons. The van der Waals surface area contributed by atoms with Gasteiger partial charge in [0.15, 0.2) is 18.0 Å². The smallest absolute Gasteiger partial charge is 0.458 e. The lowest BCUT2D eigenvalue weighted by Gasteiger charge is -2.51. The van der Waals surface area contributed by atoms with E-state index in [0.29, 0.717) is 12.0 Å². The van der Waals surface area contributed by atoms with Crippen molar-refractivity contribution in [3.05, 3.63) is 48.0 Å². The quantitative estimate of drug-likeness (QED) is 0.0870. The fourth-order valence-corrected chi connectivity index (χ4v) is 7.06. The molecule has 60 heavy (non-hydrogen) atoms. The minimum Gasteiger partial charge on any atom is -0.458 e. The second-order valence-corrected chi connectivity index (χ2v) is 18.7. The number of methoxy groups -OCH3 is 1. The van der Waals surface area contributed by atoms with Crippen LogP contribution in [0.5, 0.6) is 0 Å². The number of hydrogen-bond acceptors (Lipinski definition) is 16. The zero-order valence-electron chi connectivity index (χ0n) is 37.9. The maximum atomic E-state index is 15.1. The third-order valence-corrected chi connectivity index (χ3v) is 9.53. The molecule has 2 bridgehead atoms. The van der Waals surface area contributed by atoms with Crippen molar-refractivity contribution in [1.82, 2.24) is 0 Å². The Labute approximate surface area is 353 Å². The number of aliphatic hydroxyl groups is 1. The SMILES string of the molecule is C=C(CC[C@@]12O[C@H](C(=O)OC(C)(C)C)[C@@](O)(C(=O)OC(C)(C)C)[C@@](C(=O)OC(C)(C)C)(O1)[C@H](OC(=O)OCC)[C@H]2OC(C)(C)OC)C(OC(C)=O)C(C)Cc1ccccc1. The first-order valence-electron chi connectivity index (χ1n) is 20.1. The number of hydrogen-bond donors (Lipinski definition) is 1. The number of carbonyl (C=O) groups is 5. The van der Waals surface area contributed by atoms with Crippen molar-refractivity contribution in [2.24, 2.45) is 5.92 Å². The van der Waals surface area contributed by atoms with Gasteiger partial charge in [0.2, 0.25) is 17.5 Å². The summed E-state index contributed by atoms with van der Waals surface area (Å²) in [7, 11) is 1.32. The van der Waals surface area contributed by atoms with Crippen molar-refractivity contribution in [3.8, 4) is 0 Å². The van der Waals surface area contributed by atoms with E-state index in [-0.39, 0.29) is 25.4 Å². The van der Waals surface area contributed by atoms with Crippen molar-refractivity contribution in [2.75, 3.05) is 13.7 Å². The van der Waals surface area contributed by atoms with E-state index < -0.39 is 94.0 Å². The zero-order chi connectivity index (χ0) is 45.9. The molecule has 1 aromatic rings. The predicted molar refractivity (Wildman–Crippen MR) is 215 cm³/mol. The highest BCUT2D eigenvalue weighted by Crippen LogP contribution is 2.59. The molecule has 2 aliphatic rings. The highest BCUT2D eigenvalue weighted by molar-refractivity contribution is 6.00. The number of fused-ring (bicyclic) bond motifs is 2. The fourth-order valence-electron chi connectivity index (χ4n) is 7.06. The van der Waals surface area contributed by atoms with Gasteiger partial charge in [-0.15, -0.1) is 0 Å². The molecule has 0 amide bonds. The Morgan fingerprint density at radius 1 is 0.850 bits per heavy atom. The molecule has 2 aliphatic heterocycles.